The number of allylic oxidation sites excluding steroid dienone is 1. The molecule has 0 aliphatic heterocycles. The minimum atomic E-state index is -0.00292. The van der Waals surface area contributed by atoms with Crippen LogP contribution in [0.1, 0.15) is 44.9 Å². The molecule has 100 valence electrons. The number of carbonyl (C=O) groups excluding carboxylic acids is 1. The van der Waals surface area contributed by atoms with Crippen molar-refractivity contribution in [1.82, 2.24) is 0 Å². The monoisotopic (exact) mass is 248 g/mol. The van der Waals surface area contributed by atoms with E-state index in [-0.39, 0.29) is 17.3 Å². The van der Waals surface area contributed by atoms with Gasteiger partial charge in [0, 0.05) is 0 Å². The van der Waals surface area contributed by atoms with Crippen LogP contribution in [0, 0.1) is 29.1 Å². The van der Waals surface area contributed by atoms with Gasteiger partial charge in [0.2, 0.25) is 0 Å². The highest BCUT2D eigenvalue weighted by Gasteiger charge is 2.55. The fourth-order valence-electron chi connectivity index (χ4n) is 5.51. The lowest BCUT2D eigenvalue weighted by Crippen LogP contribution is -2.51. The average Bonchev–Trinajstić information content (AvgIpc) is 2.33. The van der Waals surface area contributed by atoms with Crippen LogP contribution in [-0.2, 0) is 9.53 Å². The maximum atomic E-state index is 12.1. The Labute approximate surface area is 110 Å². The Bertz CT molecular complexity index is 323. The van der Waals surface area contributed by atoms with Gasteiger partial charge in [-0.05, 0) is 68.1 Å². The molecule has 1 unspecified atom stereocenters. The molecule has 0 saturated heterocycles. The predicted molar refractivity (Wildman–Crippen MR) is 70.9 cm³/mol. The van der Waals surface area contributed by atoms with Gasteiger partial charge < -0.3 is 4.74 Å². The maximum Gasteiger partial charge on any atom is 0.309 e. The Kier molecular flexibility index (Phi) is 2.99. The topological polar surface area (TPSA) is 26.3 Å². The van der Waals surface area contributed by atoms with Crippen LogP contribution in [0.15, 0.2) is 12.7 Å². The summed E-state index contributed by atoms with van der Waals surface area (Å²) in [4.78, 5) is 12.1. The number of methoxy groups -OCH3 is 1. The van der Waals surface area contributed by atoms with E-state index in [1.165, 1.54) is 45.6 Å². The van der Waals surface area contributed by atoms with Crippen molar-refractivity contribution < 1.29 is 9.53 Å². The summed E-state index contributed by atoms with van der Waals surface area (Å²) in [5.41, 5.74) is 0.246. The highest BCUT2D eigenvalue weighted by molar-refractivity contribution is 5.73. The molecule has 4 aliphatic carbocycles. The van der Waals surface area contributed by atoms with Crippen LogP contribution in [0.2, 0.25) is 0 Å². The molecule has 0 radical (unpaired) electrons. The van der Waals surface area contributed by atoms with E-state index in [0.717, 1.165) is 24.2 Å². The third-order valence-electron chi connectivity index (χ3n) is 5.71. The van der Waals surface area contributed by atoms with Crippen molar-refractivity contribution >= 4 is 5.97 Å². The third kappa shape index (κ3) is 1.81. The second-order valence-corrected chi connectivity index (χ2v) is 6.88. The van der Waals surface area contributed by atoms with Crippen LogP contribution in [0.4, 0.5) is 0 Å². The number of hydrogen-bond donors (Lipinski definition) is 0. The molecule has 0 aromatic carbocycles. The molecule has 4 bridgehead atoms. The van der Waals surface area contributed by atoms with Crippen LogP contribution < -0.4 is 0 Å². The van der Waals surface area contributed by atoms with Gasteiger partial charge in [-0.25, -0.2) is 0 Å². The van der Waals surface area contributed by atoms with Gasteiger partial charge in [-0.3, -0.25) is 4.79 Å². The van der Waals surface area contributed by atoms with Crippen LogP contribution in [0.5, 0.6) is 0 Å². The molecule has 0 aromatic rings. The van der Waals surface area contributed by atoms with E-state index < -0.39 is 0 Å². The van der Waals surface area contributed by atoms with Crippen molar-refractivity contribution in [3.05, 3.63) is 12.7 Å². The lowest BCUT2D eigenvalue weighted by atomic mass is 9.46. The second-order valence-electron chi connectivity index (χ2n) is 6.88. The maximum absolute atomic E-state index is 12.1. The molecular formula is C16H24O2. The summed E-state index contributed by atoms with van der Waals surface area (Å²) in [6.07, 6.45) is 10.7. The predicted octanol–water partition coefficient (Wildman–Crippen LogP) is 3.57. The average molecular weight is 248 g/mol. The summed E-state index contributed by atoms with van der Waals surface area (Å²) in [6.45, 7) is 3.84. The lowest BCUT2D eigenvalue weighted by Gasteiger charge is -2.58. The van der Waals surface area contributed by atoms with Gasteiger partial charge in [-0.1, -0.05) is 6.08 Å². The summed E-state index contributed by atoms with van der Waals surface area (Å²) < 4.78 is 5.07. The molecule has 4 aliphatic rings. The molecule has 0 N–H and O–H groups in total. The van der Waals surface area contributed by atoms with E-state index in [9.17, 15) is 4.79 Å². The number of ether oxygens (including phenoxy) is 1. The number of rotatable bonds is 4. The molecule has 4 saturated carbocycles. The minimum absolute atomic E-state index is 0.00292. The zero-order chi connectivity index (χ0) is 12.8. The van der Waals surface area contributed by atoms with Gasteiger partial charge in [-0.15, -0.1) is 6.58 Å². The van der Waals surface area contributed by atoms with E-state index in [2.05, 4.69) is 6.58 Å². The van der Waals surface area contributed by atoms with E-state index in [1.54, 1.807) is 0 Å². The van der Waals surface area contributed by atoms with Gasteiger partial charge in [-0.2, -0.15) is 0 Å². The molecule has 4 rings (SSSR count). The zero-order valence-corrected chi connectivity index (χ0v) is 11.4. The first-order valence-electron chi connectivity index (χ1n) is 7.35. The van der Waals surface area contributed by atoms with Gasteiger partial charge in [0.1, 0.15) is 0 Å². The molecule has 0 amide bonds. The normalized spacial score (nSPS) is 42.6. The van der Waals surface area contributed by atoms with Crippen molar-refractivity contribution in [3.63, 3.8) is 0 Å². The van der Waals surface area contributed by atoms with Crippen molar-refractivity contribution in [2.75, 3.05) is 7.11 Å². The van der Waals surface area contributed by atoms with Gasteiger partial charge in [0.05, 0.1) is 13.0 Å². The van der Waals surface area contributed by atoms with Crippen LogP contribution in [0.3, 0.4) is 0 Å². The summed E-state index contributed by atoms with van der Waals surface area (Å²) >= 11 is 0. The minimum Gasteiger partial charge on any atom is -0.469 e. The van der Waals surface area contributed by atoms with Crippen molar-refractivity contribution in [3.8, 4) is 0 Å². The molecule has 0 spiro atoms. The van der Waals surface area contributed by atoms with Crippen molar-refractivity contribution in [1.29, 1.82) is 0 Å². The standard InChI is InChI=1S/C16H24O2/c1-3-4-14(15(17)18-2)16-8-11-5-12(9-16)7-13(6-11)10-16/h3,11-14H,1,4-10H2,2H3. The van der Waals surface area contributed by atoms with Crippen LogP contribution in [0.25, 0.3) is 0 Å². The SMILES string of the molecule is C=CCC(C(=O)OC)C12CC3CC(CC(C3)C1)C2. The Morgan fingerprint density at radius 1 is 1.28 bits per heavy atom. The summed E-state index contributed by atoms with van der Waals surface area (Å²) in [5, 5.41) is 0. The highest BCUT2D eigenvalue weighted by Crippen LogP contribution is 2.63. The molecule has 2 heteroatoms. The molecule has 0 heterocycles. The first kappa shape index (κ1) is 12.3. The zero-order valence-electron chi connectivity index (χ0n) is 11.4. The molecule has 4 fully saturated rings. The molecule has 18 heavy (non-hydrogen) atoms. The van der Waals surface area contributed by atoms with Gasteiger partial charge in [0.25, 0.3) is 0 Å². The smallest absolute Gasteiger partial charge is 0.309 e. The van der Waals surface area contributed by atoms with Crippen LogP contribution in [-0.4, -0.2) is 13.1 Å². The van der Waals surface area contributed by atoms with Gasteiger partial charge in [0.15, 0.2) is 0 Å². The fourth-order valence-corrected chi connectivity index (χ4v) is 5.51. The van der Waals surface area contributed by atoms with Crippen molar-refractivity contribution in [2.45, 2.75) is 44.9 Å². The Morgan fingerprint density at radius 2 is 1.78 bits per heavy atom. The number of hydrogen-bond acceptors (Lipinski definition) is 2. The van der Waals surface area contributed by atoms with Crippen molar-refractivity contribution in [2.24, 2.45) is 29.1 Å². The third-order valence-corrected chi connectivity index (χ3v) is 5.71. The first-order chi connectivity index (χ1) is 8.66. The number of carbonyl (C=O) groups is 1. The summed E-state index contributed by atoms with van der Waals surface area (Å²) in [6, 6.07) is 0. The quantitative estimate of drug-likeness (QED) is 0.561. The largest absolute Gasteiger partial charge is 0.469 e. The highest BCUT2D eigenvalue weighted by atomic mass is 16.5. The van der Waals surface area contributed by atoms with E-state index >= 15 is 0 Å². The fraction of sp³-hybridized carbons (Fsp3) is 0.812. The molecule has 2 nitrogen and oxygen atoms in total. The summed E-state index contributed by atoms with van der Waals surface area (Å²) in [7, 11) is 1.53. The number of esters is 1. The van der Waals surface area contributed by atoms with E-state index in [1.807, 2.05) is 6.08 Å². The Balaban J connectivity index is 1.88. The summed E-state index contributed by atoms with van der Waals surface area (Å²) in [5.74, 6) is 2.71. The van der Waals surface area contributed by atoms with E-state index in [4.69, 9.17) is 4.74 Å². The lowest BCUT2D eigenvalue weighted by molar-refractivity contribution is -0.160. The van der Waals surface area contributed by atoms with E-state index in [0.29, 0.717) is 0 Å². The van der Waals surface area contributed by atoms with Gasteiger partial charge >= 0.3 is 5.97 Å². The molecule has 0 aromatic heterocycles. The Hall–Kier alpha value is -0.790. The van der Waals surface area contributed by atoms with Crippen LogP contribution >= 0.6 is 0 Å². The molecule has 1 atom stereocenters. The molecular weight excluding hydrogens is 224 g/mol. The first-order valence-corrected chi connectivity index (χ1v) is 7.35. The second kappa shape index (κ2) is 4.40. The Morgan fingerprint density at radius 3 is 2.17 bits per heavy atom.